The Hall–Kier alpha value is -1.14. The first-order valence-corrected chi connectivity index (χ1v) is 12.3. The lowest BCUT2D eigenvalue weighted by Crippen LogP contribution is -2.50. The molecule has 1 aliphatic heterocycles. The fraction of sp³-hybridized carbons (Fsp3) is 0.333. The van der Waals surface area contributed by atoms with Crippen LogP contribution in [0.3, 0.4) is 0 Å². The normalized spacial score (nSPS) is 14.6. The van der Waals surface area contributed by atoms with E-state index in [9.17, 15) is 17.2 Å². The van der Waals surface area contributed by atoms with Crippen LogP contribution in [-0.4, -0.2) is 51.9 Å². The van der Waals surface area contributed by atoms with Crippen LogP contribution in [0.25, 0.3) is 0 Å². The molecule has 30 heavy (non-hydrogen) atoms. The average molecular weight is 499 g/mol. The molecule has 1 saturated heterocycles. The zero-order chi connectivity index (χ0) is 22.3. The Morgan fingerprint density at radius 1 is 1.20 bits per heavy atom. The van der Waals surface area contributed by atoms with Gasteiger partial charge in [0.15, 0.2) is 0 Å². The lowest BCUT2D eigenvalue weighted by Gasteiger charge is -2.34. The molecule has 0 aliphatic carbocycles. The number of thioether (sulfide) groups is 1. The highest BCUT2D eigenvalue weighted by atomic mass is 35.5. The second kappa shape index (κ2) is 11.5. The monoisotopic (exact) mass is 498 g/mol. The summed E-state index contributed by atoms with van der Waals surface area (Å²) in [4.78, 5) is 2.89. The molecule has 0 amide bonds. The van der Waals surface area contributed by atoms with Gasteiger partial charge in [-0.1, -0.05) is 23.2 Å². The van der Waals surface area contributed by atoms with Gasteiger partial charge in [0.05, 0.1) is 20.6 Å². The third-order valence-corrected chi connectivity index (χ3v) is 6.31. The predicted octanol–water partition coefficient (Wildman–Crippen LogP) is 3.76. The minimum absolute atomic E-state index is 0.131. The van der Waals surface area contributed by atoms with Crippen molar-refractivity contribution >= 4 is 50.7 Å². The standard InChI is InChI=1S/C11H15Cl2FN4O2S.C7H7FS/c12-9-3-8(21(15,19)20)4-10(13)11(9)17-16-1-2-18-5-7(14)6-18;1-9-7-4-2-6(8)3-5-7/h3-4,7,16-17H,1-2,5-6H2,(H2,15,19,20);2-5H,1H3. The summed E-state index contributed by atoms with van der Waals surface area (Å²) in [5.41, 5.74) is 6.06. The molecule has 2 aromatic carbocycles. The molecule has 1 fully saturated rings. The number of rotatable bonds is 7. The zero-order valence-electron chi connectivity index (χ0n) is 16.0. The fourth-order valence-electron chi connectivity index (χ4n) is 2.46. The van der Waals surface area contributed by atoms with Crippen molar-refractivity contribution < 1.29 is 17.2 Å². The van der Waals surface area contributed by atoms with Gasteiger partial charge in [0.2, 0.25) is 10.0 Å². The van der Waals surface area contributed by atoms with Crippen molar-refractivity contribution in [3.63, 3.8) is 0 Å². The number of nitrogens with two attached hydrogens (primary N) is 1. The van der Waals surface area contributed by atoms with Crippen molar-refractivity contribution in [2.75, 3.05) is 37.9 Å². The van der Waals surface area contributed by atoms with Crippen molar-refractivity contribution in [3.8, 4) is 0 Å². The minimum atomic E-state index is -3.86. The van der Waals surface area contributed by atoms with Gasteiger partial charge in [-0.2, -0.15) is 0 Å². The number of halogens is 4. The van der Waals surface area contributed by atoms with Gasteiger partial charge >= 0.3 is 0 Å². The van der Waals surface area contributed by atoms with E-state index in [-0.39, 0.29) is 20.8 Å². The Morgan fingerprint density at radius 3 is 2.23 bits per heavy atom. The van der Waals surface area contributed by atoms with E-state index >= 15 is 0 Å². The first kappa shape index (κ1) is 25.1. The maximum atomic E-state index is 12.6. The molecular weight excluding hydrogens is 477 g/mol. The Labute approximate surface area is 189 Å². The second-order valence-electron chi connectivity index (χ2n) is 6.37. The molecular formula is C18H22Cl2F2N4O2S2. The van der Waals surface area contributed by atoms with E-state index in [1.54, 1.807) is 23.9 Å². The molecule has 0 radical (unpaired) electrons. The maximum absolute atomic E-state index is 12.6. The Kier molecular flexibility index (Phi) is 9.61. The largest absolute Gasteiger partial charge is 0.319 e. The molecule has 2 aromatic rings. The van der Waals surface area contributed by atoms with Gasteiger partial charge in [0.25, 0.3) is 0 Å². The number of likely N-dealkylation sites (tertiary alicyclic amines) is 1. The molecule has 6 nitrogen and oxygen atoms in total. The van der Waals surface area contributed by atoms with Crippen LogP contribution in [0, 0.1) is 5.82 Å². The van der Waals surface area contributed by atoms with Crippen LogP contribution in [-0.2, 0) is 10.0 Å². The first-order valence-electron chi connectivity index (χ1n) is 8.77. The third-order valence-electron chi connectivity index (χ3n) is 4.07. The van der Waals surface area contributed by atoms with Crippen molar-refractivity contribution in [2.24, 2.45) is 5.14 Å². The second-order valence-corrected chi connectivity index (χ2v) is 9.63. The van der Waals surface area contributed by atoms with E-state index in [1.807, 2.05) is 11.2 Å². The number of hydrogen-bond acceptors (Lipinski definition) is 6. The topological polar surface area (TPSA) is 87.5 Å². The summed E-state index contributed by atoms with van der Waals surface area (Å²) in [5.74, 6) is -0.173. The molecule has 0 spiro atoms. The number of hydrazine groups is 1. The summed E-state index contributed by atoms with van der Waals surface area (Å²) >= 11 is 13.6. The molecule has 0 bridgehead atoms. The molecule has 3 rings (SSSR count). The zero-order valence-corrected chi connectivity index (χ0v) is 19.2. The number of benzene rings is 2. The van der Waals surface area contributed by atoms with Gasteiger partial charge in [0.1, 0.15) is 12.0 Å². The average Bonchev–Trinajstić information content (AvgIpc) is 2.65. The molecule has 12 heteroatoms. The number of primary sulfonamides is 1. The smallest absolute Gasteiger partial charge is 0.238 e. The maximum Gasteiger partial charge on any atom is 0.238 e. The molecule has 4 N–H and O–H groups in total. The Bertz CT molecular complexity index is 921. The van der Waals surface area contributed by atoms with Crippen molar-refractivity contribution in [3.05, 3.63) is 52.3 Å². The van der Waals surface area contributed by atoms with Gasteiger partial charge in [-0.15, -0.1) is 11.8 Å². The Morgan fingerprint density at radius 2 is 1.77 bits per heavy atom. The predicted molar refractivity (Wildman–Crippen MR) is 119 cm³/mol. The van der Waals surface area contributed by atoms with Crippen LogP contribution in [0.15, 0.2) is 46.2 Å². The van der Waals surface area contributed by atoms with Crippen LogP contribution in [0.1, 0.15) is 0 Å². The molecule has 166 valence electrons. The Balaban J connectivity index is 0.000000297. The van der Waals surface area contributed by atoms with Gasteiger partial charge < -0.3 is 5.43 Å². The lowest BCUT2D eigenvalue weighted by atomic mass is 10.2. The molecule has 0 atom stereocenters. The highest BCUT2D eigenvalue weighted by molar-refractivity contribution is 7.98. The number of nitrogens with zero attached hydrogens (tertiary/aromatic N) is 1. The van der Waals surface area contributed by atoms with E-state index in [2.05, 4.69) is 10.9 Å². The van der Waals surface area contributed by atoms with Crippen molar-refractivity contribution in [2.45, 2.75) is 16.0 Å². The van der Waals surface area contributed by atoms with E-state index in [0.717, 1.165) is 4.90 Å². The highest BCUT2D eigenvalue weighted by Gasteiger charge is 2.25. The van der Waals surface area contributed by atoms with Crippen LogP contribution in [0.5, 0.6) is 0 Å². The van der Waals surface area contributed by atoms with Crippen LogP contribution in [0.2, 0.25) is 10.0 Å². The molecule has 0 aromatic heterocycles. The molecule has 0 unspecified atom stereocenters. The summed E-state index contributed by atoms with van der Waals surface area (Å²) < 4.78 is 47.3. The minimum Gasteiger partial charge on any atom is -0.319 e. The van der Waals surface area contributed by atoms with Gasteiger partial charge in [-0.05, 0) is 42.7 Å². The van der Waals surface area contributed by atoms with Crippen LogP contribution >= 0.6 is 35.0 Å². The van der Waals surface area contributed by atoms with Gasteiger partial charge in [-0.3, -0.25) is 4.90 Å². The summed E-state index contributed by atoms with van der Waals surface area (Å²) in [5, 5.41) is 5.28. The number of hydrogen-bond donors (Lipinski definition) is 3. The third kappa shape index (κ3) is 7.84. The van der Waals surface area contributed by atoms with E-state index in [0.29, 0.717) is 31.9 Å². The number of anilines is 1. The summed E-state index contributed by atoms with van der Waals surface area (Å²) in [7, 11) is -3.86. The van der Waals surface area contributed by atoms with Crippen molar-refractivity contribution in [1.82, 2.24) is 10.3 Å². The summed E-state index contributed by atoms with van der Waals surface area (Å²) in [6, 6.07) is 8.89. The lowest BCUT2D eigenvalue weighted by molar-refractivity contribution is 0.0673. The summed E-state index contributed by atoms with van der Waals surface area (Å²) in [6.45, 7) is 2.13. The number of sulfonamides is 1. The van der Waals surface area contributed by atoms with Crippen LogP contribution in [0.4, 0.5) is 14.5 Å². The van der Waals surface area contributed by atoms with E-state index in [1.165, 1.54) is 24.3 Å². The summed E-state index contributed by atoms with van der Waals surface area (Å²) in [6.07, 6.45) is 1.24. The SMILES string of the molecule is CSc1ccc(F)cc1.NS(=O)(=O)c1cc(Cl)c(NNCCN2CC(F)C2)c(Cl)c1. The molecule has 0 saturated carbocycles. The number of alkyl halides is 1. The molecule has 1 aliphatic rings. The quantitative estimate of drug-likeness (QED) is 0.306. The highest BCUT2D eigenvalue weighted by Crippen LogP contribution is 2.32. The first-order chi connectivity index (χ1) is 14.1. The van der Waals surface area contributed by atoms with Crippen LogP contribution < -0.4 is 16.0 Å². The molecule has 1 heterocycles. The number of nitrogens with one attached hydrogen (secondary N) is 2. The fourth-order valence-corrected chi connectivity index (χ4v) is 4.14. The van der Waals surface area contributed by atoms with Gasteiger partial charge in [0, 0.05) is 31.1 Å². The van der Waals surface area contributed by atoms with E-state index < -0.39 is 16.2 Å². The van der Waals surface area contributed by atoms with E-state index in [4.69, 9.17) is 28.3 Å². The van der Waals surface area contributed by atoms with Crippen molar-refractivity contribution in [1.29, 1.82) is 0 Å². The van der Waals surface area contributed by atoms with Gasteiger partial charge in [-0.25, -0.2) is 27.8 Å².